The average Bonchev–Trinajstić information content (AvgIpc) is 3.44. The van der Waals surface area contributed by atoms with Gasteiger partial charge in [-0.05, 0) is 42.0 Å². The van der Waals surface area contributed by atoms with Crippen LogP contribution in [-0.4, -0.2) is 42.3 Å². The zero-order valence-electron chi connectivity index (χ0n) is 18.1. The Balaban J connectivity index is 1.38. The van der Waals surface area contributed by atoms with E-state index in [1.165, 1.54) is 0 Å². The first kappa shape index (κ1) is 20.5. The molecule has 3 heterocycles. The predicted octanol–water partition coefficient (Wildman–Crippen LogP) is 3.36. The Kier molecular flexibility index (Phi) is 5.49. The molecule has 1 aromatic carbocycles. The highest BCUT2D eigenvalue weighted by Gasteiger charge is 2.26. The minimum atomic E-state index is -0.482. The first-order chi connectivity index (χ1) is 15.6. The van der Waals surface area contributed by atoms with Gasteiger partial charge in [0.25, 0.3) is 5.91 Å². The average molecular weight is 430 g/mol. The number of amides is 1. The van der Waals surface area contributed by atoms with E-state index in [1.807, 2.05) is 42.3 Å². The van der Waals surface area contributed by atoms with Crippen LogP contribution in [0.1, 0.15) is 47.2 Å². The minimum absolute atomic E-state index is 0.180. The van der Waals surface area contributed by atoms with Crippen LogP contribution < -0.4 is 5.32 Å². The lowest BCUT2D eigenvalue weighted by Crippen LogP contribution is -2.45. The second-order valence-corrected chi connectivity index (χ2v) is 8.63. The maximum Gasteiger partial charge on any atom is 0.255 e. The number of aromatic nitrogens is 4. The lowest BCUT2D eigenvalue weighted by atomic mass is 9.92. The monoisotopic (exact) mass is 429 g/mol. The molecule has 1 aliphatic rings. The molecule has 1 saturated carbocycles. The quantitative estimate of drug-likeness (QED) is 0.510. The summed E-state index contributed by atoms with van der Waals surface area (Å²) in [5.41, 5.74) is 5.56. The highest BCUT2D eigenvalue weighted by atomic mass is 16.3. The third-order valence-corrected chi connectivity index (χ3v) is 6.24. The number of hydrogen-bond acceptors (Lipinski definition) is 4. The van der Waals surface area contributed by atoms with Crippen LogP contribution in [-0.2, 0) is 13.5 Å². The van der Waals surface area contributed by atoms with Gasteiger partial charge in [-0.15, -0.1) is 0 Å². The van der Waals surface area contributed by atoms with Crippen molar-refractivity contribution in [3.63, 3.8) is 0 Å². The molecule has 164 valence electrons. The van der Waals surface area contributed by atoms with Crippen LogP contribution in [0, 0.1) is 0 Å². The molecule has 1 amide bonds. The molecular formula is C25H27N5O2. The van der Waals surface area contributed by atoms with Gasteiger partial charge >= 0.3 is 0 Å². The van der Waals surface area contributed by atoms with E-state index in [4.69, 9.17) is 0 Å². The number of benzene rings is 1. The molecule has 0 saturated heterocycles. The van der Waals surface area contributed by atoms with E-state index in [-0.39, 0.29) is 11.9 Å². The molecular weight excluding hydrogens is 402 g/mol. The molecule has 0 bridgehead atoms. The number of carbonyl (C=O) groups is 1. The van der Waals surface area contributed by atoms with E-state index in [2.05, 4.69) is 39.7 Å². The van der Waals surface area contributed by atoms with Crippen molar-refractivity contribution in [2.75, 3.05) is 0 Å². The van der Waals surface area contributed by atoms with Crippen LogP contribution >= 0.6 is 0 Å². The Morgan fingerprint density at radius 3 is 2.69 bits per heavy atom. The van der Waals surface area contributed by atoms with Crippen LogP contribution in [0.2, 0.25) is 0 Å². The molecule has 2 N–H and O–H groups in total. The van der Waals surface area contributed by atoms with Crippen molar-refractivity contribution in [3.05, 3.63) is 78.0 Å². The number of carbonyl (C=O) groups excluding carboxylic acids is 1. The Morgan fingerprint density at radius 2 is 1.94 bits per heavy atom. The number of nitrogens with one attached hydrogen (secondary N) is 1. The molecule has 2 atom stereocenters. The van der Waals surface area contributed by atoms with Gasteiger partial charge in [0.2, 0.25) is 0 Å². The molecule has 0 spiro atoms. The van der Waals surface area contributed by atoms with Gasteiger partial charge in [-0.2, -0.15) is 5.10 Å². The van der Waals surface area contributed by atoms with Gasteiger partial charge < -0.3 is 14.8 Å². The number of pyridine rings is 1. The number of aliphatic hydroxyl groups is 1. The zero-order chi connectivity index (χ0) is 22.1. The van der Waals surface area contributed by atoms with Gasteiger partial charge in [-0.25, -0.2) is 4.98 Å². The third-order valence-electron chi connectivity index (χ3n) is 6.24. The van der Waals surface area contributed by atoms with Crippen LogP contribution in [0.5, 0.6) is 0 Å². The predicted molar refractivity (Wildman–Crippen MR) is 122 cm³/mol. The topological polar surface area (TPSA) is 84.5 Å². The summed E-state index contributed by atoms with van der Waals surface area (Å²) in [6.45, 7) is 0. The van der Waals surface area contributed by atoms with Crippen LogP contribution in [0.15, 0.2) is 61.3 Å². The van der Waals surface area contributed by atoms with Gasteiger partial charge in [-0.3, -0.25) is 9.48 Å². The van der Waals surface area contributed by atoms with Crippen LogP contribution in [0.3, 0.4) is 0 Å². The number of aliphatic hydroxyl groups excluding tert-OH is 1. The molecule has 4 aromatic rings. The van der Waals surface area contributed by atoms with E-state index < -0.39 is 6.10 Å². The summed E-state index contributed by atoms with van der Waals surface area (Å²) in [5.74, 6) is -0.180. The summed E-state index contributed by atoms with van der Waals surface area (Å²) in [7, 11) is 1.91. The second kappa shape index (κ2) is 8.59. The lowest BCUT2D eigenvalue weighted by molar-refractivity contribution is 0.0718. The Bertz CT molecular complexity index is 1240. The van der Waals surface area contributed by atoms with E-state index >= 15 is 0 Å². The van der Waals surface area contributed by atoms with E-state index in [9.17, 15) is 9.90 Å². The van der Waals surface area contributed by atoms with Gasteiger partial charge in [0.15, 0.2) is 0 Å². The van der Waals surface area contributed by atoms with Gasteiger partial charge in [0.05, 0.1) is 23.9 Å². The first-order valence-corrected chi connectivity index (χ1v) is 11.1. The highest BCUT2D eigenvalue weighted by Crippen LogP contribution is 2.22. The Morgan fingerprint density at radius 1 is 1.12 bits per heavy atom. The third kappa shape index (κ3) is 4.16. The molecule has 0 radical (unpaired) electrons. The van der Waals surface area contributed by atoms with Crippen molar-refractivity contribution in [1.29, 1.82) is 0 Å². The van der Waals surface area contributed by atoms with Gasteiger partial charge in [0.1, 0.15) is 5.65 Å². The van der Waals surface area contributed by atoms with Crippen LogP contribution in [0.25, 0.3) is 16.8 Å². The summed E-state index contributed by atoms with van der Waals surface area (Å²) in [6.07, 6.45) is 13.2. The van der Waals surface area contributed by atoms with Crippen molar-refractivity contribution < 1.29 is 9.90 Å². The van der Waals surface area contributed by atoms with Crippen molar-refractivity contribution in [1.82, 2.24) is 24.5 Å². The first-order valence-electron chi connectivity index (χ1n) is 11.1. The van der Waals surface area contributed by atoms with E-state index in [0.29, 0.717) is 17.6 Å². The number of aryl methyl sites for hydroxylation is 1. The molecule has 5 rings (SSSR count). The Labute approximate surface area is 186 Å². The smallest absolute Gasteiger partial charge is 0.255 e. The van der Waals surface area contributed by atoms with Crippen molar-refractivity contribution in [2.24, 2.45) is 7.05 Å². The molecule has 7 nitrogen and oxygen atoms in total. The summed E-state index contributed by atoms with van der Waals surface area (Å²) in [5, 5.41) is 17.5. The number of rotatable bonds is 5. The SMILES string of the molecule is Cn1cc(-c2ccc(Cc3cc(C(=O)N[C@H]4CCCC[C@@H]4O)c4nccn4c3)cc2)cn1. The van der Waals surface area contributed by atoms with Gasteiger partial charge in [-0.1, -0.05) is 37.1 Å². The summed E-state index contributed by atoms with van der Waals surface area (Å²) < 4.78 is 3.69. The van der Waals surface area contributed by atoms with Crippen LogP contribution in [0.4, 0.5) is 0 Å². The molecule has 3 aromatic heterocycles. The molecule has 1 fully saturated rings. The molecule has 32 heavy (non-hydrogen) atoms. The standard InChI is InChI=1S/C25H27N5O2/c1-29-16-20(14-27-29)19-8-6-17(7-9-19)12-18-13-21(24-26-10-11-30(24)15-18)25(32)28-22-4-2-3-5-23(22)31/h6-11,13-16,22-23,31H,2-5,12H2,1H3,(H,28,32)/t22-,23-/m0/s1. The zero-order valence-corrected chi connectivity index (χ0v) is 18.1. The van der Waals surface area contributed by atoms with Crippen molar-refractivity contribution in [2.45, 2.75) is 44.2 Å². The second-order valence-electron chi connectivity index (χ2n) is 8.63. The van der Waals surface area contributed by atoms with E-state index in [1.54, 1.807) is 10.9 Å². The summed E-state index contributed by atoms with van der Waals surface area (Å²) >= 11 is 0. The van der Waals surface area contributed by atoms with Crippen molar-refractivity contribution in [3.8, 4) is 11.1 Å². The summed E-state index contributed by atoms with van der Waals surface area (Å²) in [6, 6.07) is 10.1. The van der Waals surface area contributed by atoms with Crippen molar-refractivity contribution >= 4 is 11.6 Å². The number of nitrogens with zero attached hydrogens (tertiary/aromatic N) is 4. The fourth-order valence-electron chi connectivity index (χ4n) is 4.50. The normalized spacial score (nSPS) is 18.7. The van der Waals surface area contributed by atoms with Gasteiger partial charge in [0, 0.05) is 37.4 Å². The fourth-order valence-corrected chi connectivity index (χ4v) is 4.50. The summed E-state index contributed by atoms with van der Waals surface area (Å²) in [4.78, 5) is 17.5. The Hall–Kier alpha value is -3.45. The largest absolute Gasteiger partial charge is 0.391 e. The molecule has 7 heteroatoms. The fraction of sp³-hybridized carbons (Fsp3) is 0.320. The lowest BCUT2D eigenvalue weighted by Gasteiger charge is -2.28. The highest BCUT2D eigenvalue weighted by molar-refractivity contribution is 6.00. The maximum atomic E-state index is 13.1. The minimum Gasteiger partial charge on any atom is -0.391 e. The molecule has 0 unspecified atom stereocenters. The maximum absolute atomic E-state index is 13.1. The number of imidazole rings is 1. The van der Waals surface area contributed by atoms with E-state index in [0.717, 1.165) is 47.9 Å². The molecule has 0 aliphatic heterocycles. The number of hydrogen-bond donors (Lipinski definition) is 2. The molecule has 1 aliphatic carbocycles. The number of fused-ring (bicyclic) bond motifs is 1.